The van der Waals surface area contributed by atoms with Crippen LogP contribution in [0.2, 0.25) is 0 Å². The maximum atomic E-state index is 12.0. The molecule has 6 heteroatoms. The van der Waals surface area contributed by atoms with E-state index in [1.165, 1.54) is 38.9 Å². The predicted molar refractivity (Wildman–Crippen MR) is 162 cm³/mol. The Morgan fingerprint density at radius 2 is 1.59 bits per heavy atom. The zero-order valence-electron chi connectivity index (χ0n) is 23.9. The van der Waals surface area contributed by atoms with Crippen molar-refractivity contribution in [2.75, 3.05) is 24.7 Å². The molecule has 3 aliphatic rings. The molecule has 0 bridgehead atoms. The van der Waals surface area contributed by atoms with Crippen LogP contribution >= 0.6 is 0 Å². The number of benzene rings is 3. The van der Waals surface area contributed by atoms with Crippen molar-refractivity contribution in [3.8, 4) is 16.9 Å². The highest BCUT2D eigenvalue weighted by Crippen LogP contribution is 2.48. The van der Waals surface area contributed by atoms with Gasteiger partial charge in [0.25, 0.3) is 0 Å². The van der Waals surface area contributed by atoms with Crippen LogP contribution in [0.5, 0.6) is 5.75 Å². The van der Waals surface area contributed by atoms with Gasteiger partial charge in [-0.1, -0.05) is 48.5 Å². The van der Waals surface area contributed by atoms with Gasteiger partial charge >= 0.3 is 5.97 Å². The Labute approximate surface area is 244 Å². The topological polar surface area (TPSA) is 69.7 Å². The summed E-state index contributed by atoms with van der Waals surface area (Å²) < 4.78 is 34.8. The molecule has 3 aromatic carbocycles. The molecule has 0 amide bonds. The van der Waals surface area contributed by atoms with E-state index in [0.717, 1.165) is 44.3 Å². The smallest absolute Gasteiger partial charge is 0.309 e. The lowest BCUT2D eigenvalue weighted by atomic mass is 9.93. The predicted octanol–water partition coefficient (Wildman–Crippen LogP) is 6.50. The molecular weight excluding hydrogens is 532 g/mol. The summed E-state index contributed by atoms with van der Waals surface area (Å²) in [4.78, 5) is 12.0. The van der Waals surface area contributed by atoms with E-state index in [2.05, 4.69) is 60.7 Å². The SMILES string of the molecule is CCOC(=O)[C@H]1C[C@@H]1c1ccc(CCc2ccc3c(c2)-c2ccc(OCC4CCS(=O)(=O)CC4)cc2CCC3)cc1. The zero-order valence-corrected chi connectivity index (χ0v) is 24.8. The number of ether oxygens (including phenoxy) is 2. The van der Waals surface area contributed by atoms with E-state index in [9.17, 15) is 13.2 Å². The number of carbonyl (C=O) groups is 1. The first-order valence-electron chi connectivity index (χ1n) is 15.2. The Morgan fingerprint density at radius 1 is 0.854 bits per heavy atom. The van der Waals surface area contributed by atoms with Crippen molar-refractivity contribution in [2.45, 2.75) is 64.2 Å². The third kappa shape index (κ3) is 6.69. The highest BCUT2D eigenvalue weighted by atomic mass is 32.2. The summed E-state index contributed by atoms with van der Waals surface area (Å²) >= 11 is 0. The number of rotatable bonds is 9. The van der Waals surface area contributed by atoms with Crippen LogP contribution in [0, 0.1) is 11.8 Å². The summed E-state index contributed by atoms with van der Waals surface area (Å²) in [5.41, 5.74) is 9.29. The largest absolute Gasteiger partial charge is 0.493 e. The molecule has 1 saturated heterocycles. The minimum Gasteiger partial charge on any atom is -0.493 e. The molecular formula is C35H40O5S. The molecule has 0 radical (unpaired) electrons. The van der Waals surface area contributed by atoms with Crippen molar-refractivity contribution in [1.29, 1.82) is 0 Å². The van der Waals surface area contributed by atoms with Crippen LogP contribution in [-0.2, 0) is 45.1 Å². The molecule has 0 unspecified atom stereocenters. The maximum Gasteiger partial charge on any atom is 0.309 e. The van der Waals surface area contributed by atoms with Gasteiger partial charge in [0, 0.05) is 0 Å². The quantitative estimate of drug-likeness (QED) is 0.274. The summed E-state index contributed by atoms with van der Waals surface area (Å²) in [7, 11) is -2.85. The van der Waals surface area contributed by atoms with Crippen LogP contribution in [0.25, 0.3) is 11.1 Å². The van der Waals surface area contributed by atoms with Crippen molar-refractivity contribution < 1.29 is 22.7 Å². The van der Waals surface area contributed by atoms with Crippen molar-refractivity contribution in [1.82, 2.24) is 0 Å². The number of aryl methyl sites for hydroxylation is 4. The number of carbonyl (C=O) groups excluding carboxylic acids is 1. The molecule has 0 spiro atoms. The second-order valence-corrected chi connectivity index (χ2v) is 14.3. The van der Waals surface area contributed by atoms with Gasteiger partial charge in [0.2, 0.25) is 0 Å². The van der Waals surface area contributed by atoms with Gasteiger partial charge in [0.15, 0.2) is 0 Å². The van der Waals surface area contributed by atoms with Gasteiger partial charge in [-0.3, -0.25) is 4.79 Å². The number of hydrogen-bond donors (Lipinski definition) is 0. The molecule has 2 fully saturated rings. The first-order valence-corrected chi connectivity index (χ1v) is 17.0. The van der Waals surface area contributed by atoms with Gasteiger partial charge in [-0.2, -0.15) is 0 Å². The Kier molecular flexibility index (Phi) is 8.21. The lowest BCUT2D eigenvalue weighted by Crippen LogP contribution is -2.26. The van der Waals surface area contributed by atoms with E-state index in [1.807, 2.05) is 6.92 Å². The fraction of sp³-hybridized carbons (Fsp3) is 0.457. The van der Waals surface area contributed by atoms with E-state index in [-0.39, 0.29) is 23.4 Å². The normalized spacial score (nSPS) is 21.3. The minimum absolute atomic E-state index is 0.0314. The molecule has 5 nitrogen and oxygen atoms in total. The first-order chi connectivity index (χ1) is 19.9. The summed E-state index contributed by atoms with van der Waals surface area (Å²) in [6.07, 6.45) is 7.48. The van der Waals surface area contributed by atoms with Crippen molar-refractivity contribution in [3.63, 3.8) is 0 Å². The Morgan fingerprint density at radius 3 is 2.37 bits per heavy atom. The summed E-state index contributed by atoms with van der Waals surface area (Å²) in [5.74, 6) is 2.05. The monoisotopic (exact) mass is 572 g/mol. The molecule has 41 heavy (non-hydrogen) atoms. The lowest BCUT2D eigenvalue weighted by Gasteiger charge is -2.22. The average molecular weight is 573 g/mol. The lowest BCUT2D eigenvalue weighted by molar-refractivity contribution is -0.144. The van der Waals surface area contributed by atoms with Crippen LogP contribution in [0.3, 0.4) is 0 Å². The van der Waals surface area contributed by atoms with E-state index >= 15 is 0 Å². The van der Waals surface area contributed by atoms with Crippen molar-refractivity contribution in [3.05, 3.63) is 88.5 Å². The van der Waals surface area contributed by atoms with E-state index in [1.54, 1.807) is 0 Å². The highest BCUT2D eigenvalue weighted by molar-refractivity contribution is 7.91. The van der Waals surface area contributed by atoms with E-state index < -0.39 is 9.84 Å². The third-order valence-electron chi connectivity index (χ3n) is 9.08. The summed E-state index contributed by atoms with van der Waals surface area (Å²) in [6, 6.07) is 22.3. The van der Waals surface area contributed by atoms with Gasteiger partial charge in [-0.25, -0.2) is 8.42 Å². The second kappa shape index (κ2) is 12.0. The Balaban J connectivity index is 1.09. The van der Waals surface area contributed by atoms with E-state index in [0.29, 0.717) is 37.9 Å². The summed E-state index contributed by atoms with van der Waals surface area (Å²) in [5, 5.41) is 0. The molecule has 216 valence electrons. The van der Waals surface area contributed by atoms with E-state index in [4.69, 9.17) is 9.47 Å². The van der Waals surface area contributed by atoms with Gasteiger partial charge < -0.3 is 9.47 Å². The molecule has 0 aromatic heterocycles. The van der Waals surface area contributed by atoms with Gasteiger partial charge in [0.1, 0.15) is 15.6 Å². The molecule has 0 N–H and O–H groups in total. The van der Waals surface area contributed by atoms with Crippen LogP contribution in [0.4, 0.5) is 0 Å². The number of hydrogen-bond acceptors (Lipinski definition) is 5. The van der Waals surface area contributed by atoms with Gasteiger partial charge in [-0.05, 0) is 121 Å². The van der Waals surface area contributed by atoms with Gasteiger partial charge in [0.05, 0.1) is 30.6 Å². The molecule has 6 rings (SSSR count). The summed E-state index contributed by atoms with van der Waals surface area (Å²) in [6.45, 7) is 2.89. The standard InChI is InChI=1S/C35H40O5S/c1-2-39-35(36)34-22-33(34)28-11-8-24(9-12-28)6-7-25-10-13-27-4-3-5-29-21-30(14-15-31(29)32(27)20-25)40-23-26-16-18-41(37,38)19-17-26/h8-15,20-21,26,33-34H,2-7,16-19,22-23H2,1H3/t33-,34+/m1/s1. The van der Waals surface area contributed by atoms with Crippen LogP contribution in [-0.4, -0.2) is 39.1 Å². The molecule has 2 aliphatic carbocycles. The van der Waals surface area contributed by atoms with Crippen LogP contribution in [0.15, 0.2) is 60.7 Å². The third-order valence-corrected chi connectivity index (χ3v) is 10.8. The Bertz CT molecular complexity index is 1490. The van der Waals surface area contributed by atoms with Crippen molar-refractivity contribution >= 4 is 15.8 Å². The molecule has 1 aliphatic heterocycles. The fourth-order valence-corrected chi connectivity index (χ4v) is 8.05. The number of fused-ring (bicyclic) bond motifs is 3. The Hall–Kier alpha value is -3.12. The molecule has 1 heterocycles. The maximum absolute atomic E-state index is 12.0. The first kappa shape index (κ1) is 28.0. The van der Waals surface area contributed by atoms with Gasteiger partial charge in [-0.15, -0.1) is 0 Å². The minimum atomic E-state index is -2.85. The van der Waals surface area contributed by atoms with Crippen molar-refractivity contribution in [2.24, 2.45) is 11.8 Å². The average Bonchev–Trinajstić information content (AvgIpc) is 3.80. The highest BCUT2D eigenvalue weighted by Gasteiger charge is 2.45. The molecule has 3 aromatic rings. The van der Waals surface area contributed by atoms with Crippen LogP contribution < -0.4 is 4.74 Å². The fourth-order valence-electron chi connectivity index (χ4n) is 6.46. The molecule has 2 atom stereocenters. The van der Waals surface area contributed by atoms with Crippen LogP contribution in [0.1, 0.15) is 66.3 Å². The zero-order chi connectivity index (χ0) is 28.4. The second-order valence-electron chi connectivity index (χ2n) is 12.0. The molecule has 1 saturated carbocycles. The number of sulfone groups is 1. The number of esters is 1.